The van der Waals surface area contributed by atoms with E-state index in [1.165, 1.54) is 29.9 Å². The number of allylic oxidation sites excluding steroid dienone is 2. The van der Waals surface area contributed by atoms with Gasteiger partial charge in [0.1, 0.15) is 6.10 Å². The summed E-state index contributed by atoms with van der Waals surface area (Å²) in [6, 6.07) is 6.42. The number of likely N-dealkylation sites (N-methyl/N-ethyl adjacent to an activating group) is 1. The standard InChI is InChI=1S/C34H48FN5O2/c1-22(21-30-25(4)39(8)17-15-32(30)37-16-12-31(36)33(35)26(5)42-9)24(3)40-18-13-27(14-19-40)29-11-10-28(20-23(29)2)34(41)38(6)7/h10-13,15-17,20-21,24-26,37H,14,18-19,36H2,1-9H3/b16-12-,22-21+,33-31-. The Bertz CT molecular complexity index is 1340. The second kappa shape index (κ2) is 14.5. The van der Waals surface area contributed by atoms with E-state index in [0.717, 1.165) is 41.9 Å². The van der Waals surface area contributed by atoms with Gasteiger partial charge < -0.3 is 25.6 Å². The van der Waals surface area contributed by atoms with Gasteiger partial charge in [0.15, 0.2) is 5.83 Å². The van der Waals surface area contributed by atoms with Gasteiger partial charge in [-0.05, 0) is 87.6 Å². The summed E-state index contributed by atoms with van der Waals surface area (Å²) >= 11 is 0. The van der Waals surface area contributed by atoms with Gasteiger partial charge in [-0.2, -0.15) is 0 Å². The molecular weight excluding hydrogens is 529 g/mol. The molecule has 2 aliphatic heterocycles. The first-order valence-corrected chi connectivity index (χ1v) is 14.5. The van der Waals surface area contributed by atoms with Gasteiger partial charge in [-0.25, -0.2) is 4.39 Å². The topological polar surface area (TPSA) is 74.1 Å². The van der Waals surface area contributed by atoms with E-state index in [1.54, 1.807) is 32.1 Å². The van der Waals surface area contributed by atoms with Crippen molar-refractivity contribution in [2.45, 2.75) is 59.2 Å². The van der Waals surface area contributed by atoms with Crippen LogP contribution in [0.4, 0.5) is 4.39 Å². The van der Waals surface area contributed by atoms with E-state index in [9.17, 15) is 9.18 Å². The van der Waals surface area contributed by atoms with Crippen molar-refractivity contribution in [1.29, 1.82) is 0 Å². The maximum absolute atomic E-state index is 14.3. The van der Waals surface area contributed by atoms with Crippen LogP contribution in [0.25, 0.3) is 5.57 Å². The maximum Gasteiger partial charge on any atom is 0.253 e. The number of benzene rings is 1. The van der Waals surface area contributed by atoms with E-state index >= 15 is 0 Å². The van der Waals surface area contributed by atoms with Crippen LogP contribution in [-0.4, -0.2) is 80.1 Å². The molecule has 228 valence electrons. The molecule has 3 atom stereocenters. The van der Waals surface area contributed by atoms with Crippen molar-refractivity contribution in [2.24, 2.45) is 5.73 Å². The van der Waals surface area contributed by atoms with Crippen LogP contribution in [0.5, 0.6) is 0 Å². The molecule has 3 rings (SSSR count). The number of carbonyl (C=O) groups excluding carboxylic acids is 1. The van der Waals surface area contributed by atoms with Crippen molar-refractivity contribution in [3.05, 3.63) is 100.0 Å². The molecule has 3 unspecified atom stereocenters. The van der Waals surface area contributed by atoms with Crippen molar-refractivity contribution in [2.75, 3.05) is 41.3 Å². The van der Waals surface area contributed by atoms with E-state index in [1.807, 2.05) is 24.4 Å². The molecule has 8 heteroatoms. The molecule has 0 aliphatic carbocycles. The van der Waals surface area contributed by atoms with Gasteiger partial charge in [-0.3, -0.25) is 9.69 Å². The van der Waals surface area contributed by atoms with Crippen LogP contribution in [0.15, 0.2) is 83.3 Å². The summed E-state index contributed by atoms with van der Waals surface area (Å²) in [5.41, 5.74) is 13.7. The second-order valence-corrected chi connectivity index (χ2v) is 11.5. The summed E-state index contributed by atoms with van der Waals surface area (Å²) < 4.78 is 19.3. The Morgan fingerprint density at radius 1 is 1.29 bits per heavy atom. The molecule has 1 amide bonds. The Labute approximate surface area is 251 Å². The fourth-order valence-corrected chi connectivity index (χ4v) is 5.18. The molecule has 0 radical (unpaired) electrons. The molecule has 0 bridgehead atoms. The van der Waals surface area contributed by atoms with Gasteiger partial charge in [0.2, 0.25) is 0 Å². The van der Waals surface area contributed by atoms with E-state index < -0.39 is 11.9 Å². The highest BCUT2D eigenvalue weighted by molar-refractivity contribution is 5.94. The van der Waals surface area contributed by atoms with Crippen molar-refractivity contribution in [3.63, 3.8) is 0 Å². The van der Waals surface area contributed by atoms with Crippen LogP contribution >= 0.6 is 0 Å². The number of carbonyl (C=O) groups is 1. The lowest BCUT2D eigenvalue weighted by Gasteiger charge is -2.34. The number of hydrogen-bond donors (Lipinski definition) is 2. The molecule has 0 aromatic heterocycles. The number of methoxy groups -OCH3 is 1. The quantitative estimate of drug-likeness (QED) is 0.358. The van der Waals surface area contributed by atoms with Gasteiger partial charge in [0.05, 0.1) is 11.7 Å². The average molecular weight is 578 g/mol. The lowest BCUT2D eigenvalue weighted by atomic mass is 9.92. The molecule has 0 spiro atoms. The number of rotatable bonds is 10. The summed E-state index contributed by atoms with van der Waals surface area (Å²) in [4.78, 5) is 18.6. The highest BCUT2D eigenvalue weighted by atomic mass is 19.1. The summed E-state index contributed by atoms with van der Waals surface area (Å²) in [6.07, 6.45) is 12.1. The average Bonchev–Trinajstić information content (AvgIpc) is 2.98. The lowest BCUT2D eigenvalue weighted by molar-refractivity contribution is 0.0827. The maximum atomic E-state index is 14.3. The first-order chi connectivity index (χ1) is 19.8. The van der Waals surface area contributed by atoms with Crippen LogP contribution in [0.3, 0.4) is 0 Å². The minimum atomic E-state index is -0.691. The molecule has 2 heterocycles. The fourth-order valence-electron chi connectivity index (χ4n) is 5.18. The molecule has 0 saturated heterocycles. The smallest absolute Gasteiger partial charge is 0.253 e. The number of nitrogens with zero attached hydrogens (tertiary/aromatic N) is 3. The molecule has 42 heavy (non-hydrogen) atoms. The lowest BCUT2D eigenvalue weighted by Crippen LogP contribution is -2.37. The fraction of sp³-hybridized carbons (Fsp3) is 0.441. The molecule has 0 fully saturated rings. The number of halogens is 1. The SMILES string of the molecule is COC(C)/C(F)=C(N)\C=C/NC1=C(/C=C(\C)C(C)N2CC=C(c3ccc(C(=O)N(C)C)cc3C)CC2)C(C)N(C)C=C1. The number of hydrogen-bond acceptors (Lipinski definition) is 6. The van der Waals surface area contributed by atoms with Crippen molar-refractivity contribution >= 4 is 11.5 Å². The minimum Gasteiger partial charge on any atom is -0.397 e. The first kappa shape index (κ1) is 32.9. The summed E-state index contributed by atoms with van der Waals surface area (Å²) in [7, 11) is 7.06. The van der Waals surface area contributed by atoms with E-state index in [0.29, 0.717) is 0 Å². The highest BCUT2D eigenvalue weighted by Crippen LogP contribution is 2.29. The zero-order valence-electron chi connectivity index (χ0n) is 26.7. The largest absolute Gasteiger partial charge is 0.397 e. The molecule has 7 nitrogen and oxygen atoms in total. The summed E-state index contributed by atoms with van der Waals surface area (Å²) in [5, 5.41) is 3.31. The third-order valence-electron chi connectivity index (χ3n) is 8.39. The van der Waals surface area contributed by atoms with Gasteiger partial charge >= 0.3 is 0 Å². The third-order valence-corrected chi connectivity index (χ3v) is 8.39. The Balaban J connectivity index is 1.76. The Morgan fingerprint density at radius 3 is 2.60 bits per heavy atom. The first-order valence-electron chi connectivity index (χ1n) is 14.5. The molecule has 2 aliphatic rings. The van der Waals surface area contributed by atoms with Crippen molar-refractivity contribution in [3.8, 4) is 0 Å². The minimum absolute atomic E-state index is 0.0228. The normalized spacial score (nSPS) is 20.4. The molecule has 3 N–H and O–H groups in total. The molecule has 1 aromatic carbocycles. The highest BCUT2D eigenvalue weighted by Gasteiger charge is 2.23. The Morgan fingerprint density at radius 2 is 2.00 bits per heavy atom. The van der Waals surface area contributed by atoms with Crippen LogP contribution in [-0.2, 0) is 4.74 Å². The van der Waals surface area contributed by atoms with Gasteiger partial charge in [-0.1, -0.05) is 23.8 Å². The van der Waals surface area contributed by atoms with Crippen LogP contribution in [0, 0.1) is 6.92 Å². The van der Waals surface area contributed by atoms with Crippen molar-refractivity contribution in [1.82, 2.24) is 20.0 Å². The van der Waals surface area contributed by atoms with Crippen LogP contribution < -0.4 is 11.1 Å². The predicted molar refractivity (Wildman–Crippen MR) is 171 cm³/mol. The van der Waals surface area contributed by atoms with E-state index in [-0.39, 0.29) is 23.7 Å². The van der Waals surface area contributed by atoms with Gasteiger partial charge in [0, 0.05) is 71.0 Å². The molecule has 1 aromatic rings. The Hall–Kier alpha value is -3.62. The number of nitrogens with one attached hydrogen (secondary N) is 1. The van der Waals surface area contributed by atoms with Gasteiger partial charge in [0.25, 0.3) is 5.91 Å². The van der Waals surface area contributed by atoms with Crippen LogP contribution in [0.2, 0.25) is 0 Å². The molecular formula is C34H48FN5O2. The van der Waals surface area contributed by atoms with Gasteiger partial charge in [-0.15, -0.1) is 0 Å². The monoisotopic (exact) mass is 577 g/mol. The van der Waals surface area contributed by atoms with E-state index in [4.69, 9.17) is 10.5 Å². The van der Waals surface area contributed by atoms with Crippen LogP contribution in [0.1, 0.15) is 55.6 Å². The summed E-state index contributed by atoms with van der Waals surface area (Å²) in [6.45, 7) is 12.1. The number of aryl methyl sites for hydroxylation is 1. The second-order valence-electron chi connectivity index (χ2n) is 11.5. The predicted octanol–water partition coefficient (Wildman–Crippen LogP) is 5.50. The zero-order chi connectivity index (χ0) is 31.1. The van der Waals surface area contributed by atoms with E-state index in [2.05, 4.69) is 68.1 Å². The number of nitrogens with two attached hydrogens (primary N) is 1. The number of amides is 1. The third kappa shape index (κ3) is 7.81. The zero-order valence-corrected chi connectivity index (χ0v) is 26.7. The summed E-state index contributed by atoms with van der Waals surface area (Å²) in [5.74, 6) is -0.471. The molecule has 0 saturated carbocycles. The number of ether oxygens (including phenoxy) is 1. The Kier molecular flexibility index (Phi) is 11.4. The van der Waals surface area contributed by atoms with Crippen molar-refractivity contribution < 1.29 is 13.9 Å².